The van der Waals surface area contributed by atoms with Gasteiger partial charge in [0.15, 0.2) is 0 Å². The number of nitrogens with one attached hydrogen (secondary N) is 2. The first kappa shape index (κ1) is 14.3. The quantitative estimate of drug-likeness (QED) is 0.776. The Hall–Kier alpha value is -2.62. The van der Waals surface area contributed by atoms with Gasteiger partial charge in [-0.2, -0.15) is 0 Å². The summed E-state index contributed by atoms with van der Waals surface area (Å²) in [5.74, 6) is 0.139. The van der Waals surface area contributed by atoms with Crippen molar-refractivity contribution in [2.75, 3.05) is 0 Å². The van der Waals surface area contributed by atoms with Gasteiger partial charge in [0, 0.05) is 29.6 Å². The number of imidazole rings is 1. The molecule has 4 nitrogen and oxygen atoms in total. The minimum atomic E-state index is -0.0678. The molecule has 3 aromatic rings. The number of H-pyrrole nitrogens is 2. The van der Waals surface area contributed by atoms with Crippen molar-refractivity contribution in [3.63, 3.8) is 0 Å². The van der Waals surface area contributed by atoms with Crippen LogP contribution in [0.1, 0.15) is 34.0 Å². The van der Waals surface area contributed by atoms with Crippen molar-refractivity contribution < 1.29 is 0 Å². The molecule has 1 atom stereocenters. The number of aromatic nitrogens is 3. The molecule has 0 spiro atoms. The highest BCUT2D eigenvalue weighted by Crippen LogP contribution is 2.30. The van der Waals surface area contributed by atoms with Gasteiger partial charge in [-0.05, 0) is 43.0 Å². The molecule has 0 radical (unpaired) electrons. The van der Waals surface area contributed by atoms with E-state index in [9.17, 15) is 4.79 Å². The summed E-state index contributed by atoms with van der Waals surface area (Å²) in [6.07, 6.45) is 4.28. The van der Waals surface area contributed by atoms with Crippen molar-refractivity contribution in [1.29, 1.82) is 0 Å². The Kier molecular flexibility index (Phi) is 3.92. The van der Waals surface area contributed by atoms with Gasteiger partial charge in [0.05, 0.1) is 6.33 Å². The molecular weight excluding hydrogens is 274 g/mol. The van der Waals surface area contributed by atoms with E-state index in [2.05, 4.69) is 47.0 Å². The molecule has 0 amide bonds. The molecule has 0 aliphatic carbocycles. The van der Waals surface area contributed by atoms with Crippen molar-refractivity contribution in [3.05, 3.63) is 87.4 Å². The van der Waals surface area contributed by atoms with Gasteiger partial charge in [0.2, 0.25) is 5.56 Å². The summed E-state index contributed by atoms with van der Waals surface area (Å²) in [7, 11) is 0. The number of aryl methyl sites for hydroxylation is 1. The minimum Gasteiger partial charge on any atom is -0.348 e. The first-order chi connectivity index (χ1) is 10.6. The second-order valence-electron chi connectivity index (χ2n) is 5.59. The molecule has 1 unspecified atom stereocenters. The highest BCUT2D eigenvalue weighted by Gasteiger charge is 2.19. The number of hydrogen-bond acceptors (Lipinski definition) is 2. The number of pyridine rings is 1. The van der Waals surface area contributed by atoms with Crippen LogP contribution in [0.4, 0.5) is 0 Å². The lowest BCUT2D eigenvalue weighted by Crippen LogP contribution is -2.13. The highest BCUT2D eigenvalue weighted by atomic mass is 16.1. The lowest BCUT2D eigenvalue weighted by Gasteiger charge is -2.19. The molecule has 4 heteroatoms. The Morgan fingerprint density at radius 3 is 2.68 bits per heavy atom. The summed E-state index contributed by atoms with van der Waals surface area (Å²) in [6, 6.07) is 11.6. The third kappa shape index (κ3) is 2.86. The molecule has 112 valence electrons. The topological polar surface area (TPSA) is 61.5 Å². The molecule has 0 aliphatic heterocycles. The summed E-state index contributed by atoms with van der Waals surface area (Å²) >= 11 is 0. The zero-order valence-electron chi connectivity index (χ0n) is 12.8. The zero-order chi connectivity index (χ0) is 15.5. The van der Waals surface area contributed by atoms with Crippen LogP contribution in [0.15, 0.2) is 53.7 Å². The normalized spacial score (nSPS) is 12.3. The fraction of sp³-hybridized carbons (Fsp3) is 0.222. The van der Waals surface area contributed by atoms with Crippen LogP contribution in [0.3, 0.4) is 0 Å². The standard InChI is InChI=1S/C18H19N3O/c1-12-5-3-7-15(13(12)2)16(17-10-19-11-20-17)9-14-6-4-8-18(22)21-14/h3-8,10-11,16H,9H2,1-2H3,(H,19,20)(H,21,22). The van der Waals surface area contributed by atoms with Gasteiger partial charge in [0.25, 0.3) is 0 Å². The third-order valence-corrected chi connectivity index (χ3v) is 4.17. The van der Waals surface area contributed by atoms with E-state index in [-0.39, 0.29) is 11.5 Å². The molecule has 0 aliphatic rings. The fourth-order valence-electron chi connectivity index (χ4n) is 2.83. The second-order valence-corrected chi connectivity index (χ2v) is 5.59. The number of rotatable bonds is 4. The number of aromatic amines is 2. The van der Waals surface area contributed by atoms with Gasteiger partial charge in [0.1, 0.15) is 0 Å². The zero-order valence-corrected chi connectivity index (χ0v) is 12.8. The highest BCUT2D eigenvalue weighted by molar-refractivity contribution is 5.40. The van der Waals surface area contributed by atoms with Crippen molar-refractivity contribution in [2.24, 2.45) is 0 Å². The van der Waals surface area contributed by atoms with Gasteiger partial charge in [-0.3, -0.25) is 4.79 Å². The SMILES string of the molecule is Cc1cccc(C(Cc2cccc(=O)[nH]2)c2cnc[nH]2)c1C. The molecule has 0 fully saturated rings. The lowest BCUT2D eigenvalue weighted by molar-refractivity contribution is 0.752. The van der Waals surface area contributed by atoms with Crippen LogP contribution < -0.4 is 5.56 Å². The van der Waals surface area contributed by atoms with E-state index in [1.165, 1.54) is 22.8 Å². The van der Waals surface area contributed by atoms with E-state index in [0.29, 0.717) is 0 Å². The molecule has 3 rings (SSSR count). The van der Waals surface area contributed by atoms with E-state index in [1.54, 1.807) is 12.4 Å². The summed E-state index contributed by atoms with van der Waals surface area (Å²) in [5, 5.41) is 0. The van der Waals surface area contributed by atoms with Crippen LogP contribution in [0.2, 0.25) is 0 Å². The summed E-state index contributed by atoms with van der Waals surface area (Å²) in [4.78, 5) is 21.8. The third-order valence-electron chi connectivity index (χ3n) is 4.17. The van der Waals surface area contributed by atoms with E-state index >= 15 is 0 Å². The number of benzene rings is 1. The van der Waals surface area contributed by atoms with Gasteiger partial charge in [-0.1, -0.05) is 24.3 Å². The molecule has 0 saturated heterocycles. The Balaban J connectivity index is 2.05. The van der Waals surface area contributed by atoms with Crippen molar-refractivity contribution in [1.82, 2.24) is 15.0 Å². The Morgan fingerprint density at radius 1 is 1.14 bits per heavy atom. The Labute approximate surface area is 129 Å². The van der Waals surface area contributed by atoms with Crippen LogP contribution in [0.25, 0.3) is 0 Å². The van der Waals surface area contributed by atoms with E-state index < -0.39 is 0 Å². The summed E-state index contributed by atoms with van der Waals surface area (Å²) < 4.78 is 0. The first-order valence-electron chi connectivity index (χ1n) is 7.38. The van der Waals surface area contributed by atoms with Gasteiger partial charge < -0.3 is 9.97 Å². The van der Waals surface area contributed by atoms with Crippen molar-refractivity contribution in [2.45, 2.75) is 26.2 Å². The molecular formula is C18H19N3O. The maximum atomic E-state index is 11.5. The predicted molar refractivity (Wildman–Crippen MR) is 87.1 cm³/mol. The number of nitrogens with zero attached hydrogens (tertiary/aromatic N) is 1. The molecule has 2 heterocycles. The molecule has 22 heavy (non-hydrogen) atoms. The van der Waals surface area contributed by atoms with Crippen molar-refractivity contribution in [3.8, 4) is 0 Å². The average molecular weight is 293 g/mol. The van der Waals surface area contributed by atoms with Gasteiger partial charge >= 0.3 is 0 Å². The average Bonchev–Trinajstić information content (AvgIpc) is 3.02. The van der Waals surface area contributed by atoms with Crippen LogP contribution in [0, 0.1) is 13.8 Å². The lowest BCUT2D eigenvalue weighted by atomic mass is 9.87. The van der Waals surface area contributed by atoms with E-state index in [0.717, 1.165) is 17.8 Å². The van der Waals surface area contributed by atoms with E-state index in [4.69, 9.17) is 0 Å². The fourth-order valence-corrected chi connectivity index (χ4v) is 2.83. The van der Waals surface area contributed by atoms with Crippen LogP contribution in [-0.2, 0) is 6.42 Å². The smallest absolute Gasteiger partial charge is 0.248 e. The minimum absolute atomic E-state index is 0.0678. The molecule has 0 saturated carbocycles. The molecule has 0 bridgehead atoms. The maximum Gasteiger partial charge on any atom is 0.248 e. The maximum absolute atomic E-state index is 11.5. The molecule has 2 N–H and O–H groups in total. The first-order valence-corrected chi connectivity index (χ1v) is 7.38. The van der Waals surface area contributed by atoms with Crippen LogP contribution >= 0.6 is 0 Å². The summed E-state index contributed by atoms with van der Waals surface area (Å²) in [6.45, 7) is 4.26. The van der Waals surface area contributed by atoms with Crippen LogP contribution in [-0.4, -0.2) is 15.0 Å². The largest absolute Gasteiger partial charge is 0.348 e. The van der Waals surface area contributed by atoms with Crippen LogP contribution in [0.5, 0.6) is 0 Å². The monoisotopic (exact) mass is 293 g/mol. The Bertz CT molecular complexity index is 818. The van der Waals surface area contributed by atoms with Crippen molar-refractivity contribution >= 4 is 0 Å². The van der Waals surface area contributed by atoms with E-state index in [1.807, 2.05) is 12.3 Å². The Morgan fingerprint density at radius 2 is 1.95 bits per heavy atom. The molecule has 2 aromatic heterocycles. The second kappa shape index (κ2) is 6.02. The number of hydrogen-bond donors (Lipinski definition) is 2. The molecule has 1 aromatic carbocycles. The van der Waals surface area contributed by atoms with Gasteiger partial charge in [-0.15, -0.1) is 0 Å². The summed E-state index contributed by atoms with van der Waals surface area (Å²) in [5.41, 5.74) is 5.71. The van der Waals surface area contributed by atoms with Gasteiger partial charge in [-0.25, -0.2) is 4.98 Å². The predicted octanol–water partition coefficient (Wildman–Crippen LogP) is 3.09.